The quantitative estimate of drug-likeness (QED) is 0.348. The van der Waals surface area contributed by atoms with Gasteiger partial charge >= 0.3 is 0 Å². The molecule has 4 heteroatoms. The number of rotatable bonds is 0. The van der Waals surface area contributed by atoms with Crippen LogP contribution in [0.15, 0.2) is 0 Å². The monoisotopic (exact) mass is 224 g/mol. The van der Waals surface area contributed by atoms with Crippen LogP contribution in [-0.4, -0.2) is 53.7 Å². The lowest BCUT2D eigenvalue weighted by molar-refractivity contribution is -0.426. The topological polar surface area (TPSA) is 38.5 Å². The van der Waals surface area contributed by atoms with Gasteiger partial charge < -0.3 is 14.8 Å². The molecule has 4 heterocycles. The highest BCUT2D eigenvalue weighted by Gasteiger charge is 2.55. The second kappa shape index (κ2) is 3.44. The van der Waals surface area contributed by atoms with E-state index in [1.54, 1.807) is 7.05 Å². The maximum Gasteiger partial charge on any atom is 0.194 e. The molecule has 4 rings (SSSR count). The molecule has 4 aliphatic heterocycles. The number of hydrogen-bond donors (Lipinski definition) is 0. The molecule has 4 aliphatic rings. The van der Waals surface area contributed by atoms with Crippen molar-refractivity contribution < 1.29 is 9.48 Å². The molecule has 4 saturated heterocycles. The fourth-order valence-electron chi connectivity index (χ4n) is 3.74. The number of fused-ring (bicyclic) bond motifs is 2. The minimum Gasteiger partial charge on any atom is -0.624 e. The van der Waals surface area contributed by atoms with Gasteiger partial charge in [0.25, 0.3) is 0 Å². The summed E-state index contributed by atoms with van der Waals surface area (Å²) in [5, 5.41) is 11.5. The van der Waals surface area contributed by atoms with Gasteiger partial charge in [0.1, 0.15) is 13.2 Å². The highest BCUT2D eigenvalue weighted by Crippen LogP contribution is 2.44. The van der Waals surface area contributed by atoms with Gasteiger partial charge in [0, 0.05) is 6.54 Å². The van der Waals surface area contributed by atoms with Gasteiger partial charge in [0.15, 0.2) is 5.71 Å². The van der Waals surface area contributed by atoms with Gasteiger partial charge in [0.05, 0.1) is 12.0 Å². The summed E-state index contributed by atoms with van der Waals surface area (Å²) in [6.45, 7) is 5.47. The third-order valence-corrected chi connectivity index (χ3v) is 4.59. The van der Waals surface area contributed by atoms with Crippen molar-refractivity contribution in [2.24, 2.45) is 5.92 Å². The zero-order chi connectivity index (χ0) is 11.3. The fraction of sp³-hybridized carbons (Fsp3) is 0.917. The Balaban J connectivity index is 1.89. The Morgan fingerprint density at radius 2 is 2.12 bits per heavy atom. The number of nitrogens with zero attached hydrogens (tertiary/aromatic N) is 2. The van der Waals surface area contributed by atoms with Crippen LogP contribution in [0, 0.1) is 11.1 Å². The average Bonchev–Trinajstić information content (AvgIpc) is 2.57. The minimum absolute atomic E-state index is 0.00282. The summed E-state index contributed by atoms with van der Waals surface area (Å²) in [5.41, 5.74) is 0.887. The van der Waals surface area contributed by atoms with E-state index in [2.05, 4.69) is 4.90 Å². The fourth-order valence-corrected chi connectivity index (χ4v) is 3.74. The first kappa shape index (κ1) is 10.5. The Morgan fingerprint density at radius 3 is 2.56 bits per heavy atom. The SMILES string of the molecule is CC1OC2(C/C1=[N+](\C)[O-])CN1CCC2CC1. The zero-order valence-corrected chi connectivity index (χ0v) is 10.1. The predicted octanol–water partition coefficient (Wildman–Crippen LogP) is 0.841. The predicted molar refractivity (Wildman–Crippen MR) is 61.6 cm³/mol. The summed E-state index contributed by atoms with van der Waals surface area (Å²) in [6, 6.07) is 0. The second-order valence-corrected chi connectivity index (χ2v) is 5.54. The zero-order valence-electron chi connectivity index (χ0n) is 10.1. The van der Waals surface area contributed by atoms with Gasteiger partial charge in [-0.1, -0.05) is 0 Å². The molecule has 0 aliphatic carbocycles. The van der Waals surface area contributed by atoms with Gasteiger partial charge in [-0.05, 0) is 38.8 Å². The number of ether oxygens (including phenoxy) is 1. The molecule has 0 radical (unpaired) electrons. The van der Waals surface area contributed by atoms with Gasteiger partial charge in [-0.25, -0.2) is 4.74 Å². The third kappa shape index (κ3) is 1.39. The molecule has 2 bridgehead atoms. The van der Waals surface area contributed by atoms with Gasteiger partial charge in [-0.2, -0.15) is 0 Å². The van der Waals surface area contributed by atoms with Crippen molar-refractivity contribution in [2.75, 3.05) is 26.7 Å². The lowest BCUT2D eigenvalue weighted by atomic mass is 9.73. The lowest BCUT2D eigenvalue weighted by Crippen LogP contribution is -2.59. The Kier molecular flexibility index (Phi) is 2.27. The second-order valence-electron chi connectivity index (χ2n) is 5.54. The van der Waals surface area contributed by atoms with E-state index in [0.29, 0.717) is 5.92 Å². The largest absolute Gasteiger partial charge is 0.624 e. The Morgan fingerprint density at radius 1 is 1.44 bits per heavy atom. The molecule has 4 nitrogen and oxygen atoms in total. The number of piperidine rings is 3. The minimum atomic E-state index is -0.0378. The van der Waals surface area contributed by atoms with Crippen molar-refractivity contribution in [1.29, 1.82) is 0 Å². The summed E-state index contributed by atoms with van der Waals surface area (Å²) >= 11 is 0. The molecular weight excluding hydrogens is 204 g/mol. The van der Waals surface area contributed by atoms with E-state index < -0.39 is 0 Å². The molecule has 0 aromatic heterocycles. The van der Waals surface area contributed by atoms with Crippen molar-refractivity contribution in [2.45, 2.75) is 37.9 Å². The van der Waals surface area contributed by atoms with Crippen LogP contribution in [0.1, 0.15) is 26.2 Å². The highest BCUT2D eigenvalue weighted by atomic mass is 16.5. The van der Waals surface area contributed by atoms with Crippen molar-refractivity contribution in [3.8, 4) is 0 Å². The molecule has 2 atom stereocenters. The van der Waals surface area contributed by atoms with Crippen LogP contribution in [0.5, 0.6) is 0 Å². The maximum atomic E-state index is 11.5. The van der Waals surface area contributed by atoms with Gasteiger partial charge in [-0.15, -0.1) is 0 Å². The molecule has 1 spiro atoms. The molecule has 2 unspecified atom stereocenters. The van der Waals surface area contributed by atoms with Gasteiger partial charge in [0.2, 0.25) is 0 Å². The molecule has 90 valence electrons. The summed E-state index contributed by atoms with van der Waals surface area (Å²) in [7, 11) is 1.59. The van der Waals surface area contributed by atoms with Crippen molar-refractivity contribution in [3.05, 3.63) is 5.21 Å². The van der Waals surface area contributed by atoms with Crippen LogP contribution in [-0.2, 0) is 4.74 Å². The molecule has 0 saturated carbocycles. The van der Waals surface area contributed by atoms with E-state index in [9.17, 15) is 5.21 Å². The summed E-state index contributed by atoms with van der Waals surface area (Å²) in [6.07, 6.45) is 3.32. The Labute approximate surface area is 96.5 Å². The van der Waals surface area contributed by atoms with Gasteiger partial charge in [-0.3, -0.25) is 0 Å². The number of hydroxylamine groups is 1. The van der Waals surface area contributed by atoms with Crippen LogP contribution in [0.3, 0.4) is 0 Å². The molecule has 0 amide bonds. The van der Waals surface area contributed by atoms with Crippen LogP contribution in [0.2, 0.25) is 0 Å². The van der Waals surface area contributed by atoms with Crippen LogP contribution in [0.25, 0.3) is 0 Å². The Hall–Kier alpha value is -0.610. The number of hydrogen-bond acceptors (Lipinski definition) is 3. The molecule has 0 N–H and O–H groups in total. The summed E-state index contributed by atoms with van der Waals surface area (Å²) in [5.74, 6) is 0.664. The molecule has 0 aromatic rings. The maximum absolute atomic E-state index is 11.5. The highest BCUT2D eigenvalue weighted by molar-refractivity contribution is 5.87. The summed E-state index contributed by atoms with van der Waals surface area (Å²) in [4.78, 5) is 2.49. The summed E-state index contributed by atoms with van der Waals surface area (Å²) < 4.78 is 7.19. The van der Waals surface area contributed by atoms with E-state index in [0.717, 1.165) is 23.4 Å². The van der Waals surface area contributed by atoms with Crippen molar-refractivity contribution in [3.63, 3.8) is 0 Å². The van der Waals surface area contributed by atoms with E-state index in [-0.39, 0.29) is 11.7 Å². The van der Waals surface area contributed by atoms with Crippen LogP contribution in [0.4, 0.5) is 0 Å². The standard InChI is InChI=1S/C12H20N2O2/c1-9-11(13(2)15)7-12(16-9)8-14-5-3-10(12)4-6-14/h9-10H,3-8H2,1-2H3/b13-11-. The smallest absolute Gasteiger partial charge is 0.194 e. The first-order chi connectivity index (χ1) is 7.61. The van der Waals surface area contributed by atoms with Crippen molar-refractivity contribution >= 4 is 5.71 Å². The molecule has 4 fully saturated rings. The normalized spacial score (nSPS) is 50.0. The Bertz CT molecular complexity index is 330. The van der Waals surface area contributed by atoms with E-state index in [4.69, 9.17) is 4.74 Å². The molecule has 0 aromatic carbocycles. The first-order valence-electron chi connectivity index (χ1n) is 6.27. The molecular formula is C12H20N2O2. The van der Waals surface area contributed by atoms with Crippen molar-refractivity contribution in [1.82, 2.24) is 4.90 Å². The average molecular weight is 224 g/mol. The van der Waals surface area contributed by atoms with E-state index in [1.165, 1.54) is 25.9 Å². The molecule has 16 heavy (non-hydrogen) atoms. The van der Waals surface area contributed by atoms with Crippen LogP contribution >= 0.6 is 0 Å². The van der Waals surface area contributed by atoms with E-state index >= 15 is 0 Å². The van der Waals surface area contributed by atoms with Crippen LogP contribution < -0.4 is 0 Å². The first-order valence-corrected chi connectivity index (χ1v) is 6.27. The lowest BCUT2D eigenvalue weighted by Gasteiger charge is -2.50. The third-order valence-electron chi connectivity index (χ3n) is 4.59. The van der Waals surface area contributed by atoms with E-state index in [1.807, 2.05) is 6.92 Å².